The Morgan fingerprint density at radius 1 is 1.64 bits per heavy atom. The number of alkyl halides is 2. The second kappa shape index (κ2) is 4.03. The van der Waals surface area contributed by atoms with E-state index in [1.165, 1.54) is 0 Å². The first-order valence-corrected chi connectivity index (χ1v) is 4.48. The number of carboxylic acid groups (broad SMARTS) is 1. The molecule has 0 spiro atoms. The fourth-order valence-electron chi connectivity index (χ4n) is 0.837. The van der Waals surface area contributed by atoms with Gasteiger partial charge in [-0.25, -0.2) is 18.6 Å². The number of carboxylic acids is 1. The average molecular weight is 314 g/mol. The van der Waals surface area contributed by atoms with Gasteiger partial charge in [-0.05, 0) is 28.7 Å². The van der Waals surface area contributed by atoms with Crippen molar-refractivity contribution in [2.75, 3.05) is 5.73 Å². The lowest BCUT2D eigenvalue weighted by Crippen LogP contribution is -2.07. The lowest BCUT2D eigenvalue weighted by atomic mass is 10.2. The number of nitrogens with two attached hydrogens (primary N) is 1. The van der Waals surface area contributed by atoms with Gasteiger partial charge in [0.2, 0.25) is 0 Å². The number of hydrogen-bond acceptors (Lipinski definition) is 3. The third-order valence-corrected chi connectivity index (χ3v) is 2.59. The predicted octanol–water partition coefficient (Wildman–Crippen LogP) is 1.90. The highest BCUT2D eigenvalue weighted by Crippen LogP contribution is 2.24. The molecule has 7 heteroatoms. The maximum atomic E-state index is 12.2. The number of pyridine rings is 1. The van der Waals surface area contributed by atoms with Gasteiger partial charge in [0.05, 0.1) is 9.13 Å². The summed E-state index contributed by atoms with van der Waals surface area (Å²) in [6, 6.07) is 0.825. The zero-order chi connectivity index (χ0) is 10.9. The van der Waals surface area contributed by atoms with Crippen molar-refractivity contribution in [3.63, 3.8) is 0 Å². The van der Waals surface area contributed by atoms with Crippen molar-refractivity contribution in [3.05, 3.63) is 20.9 Å². The molecule has 1 heterocycles. The normalized spacial score (nSPS) is 10.6. The molecule has 0 unspecified atom stereocenters. The van der Waals surface area contributed by atoms with E-state index in [-0.39, 0.29) is 15.0 Å². The molecule has 0 saturated carbocycles. The van der Waals surface area contributed by atoms with Gasteiger partial charge in [0.1, 0.15) is 11.5 Å². The molecule has 1 rings (SSSR count). The summed E-state index contributed by atoms with van der Waals surface area (Å²) in [4.78, 5) is 14.0. The van der Waals surface area contributed by atoms with Crippen LogP contribution in [0.25, 0.3) is 0 Å². The molecule has 0 aliphatic rings. The molecule has 0 saturated heterocycles. The molecule has 3 N–H and O–H groups in total. The lowest BCUT2D eigenvalue weighted by molar-refractivity contribution is 0.0695. The van der Waals surface area contributed by atoms with Crippen LogP contribution in [0.5, 0.6) is 0 Å². The van der Waals surface area contributed by atoms with E-state index in [9.17, 15) is 13.6 Å². The van der Waals surface area contributed by atoms with E-state index in [0.717, 1.165) is 6.07 Å². The molecule has 0 fully saturated rings. The van der Waals surface area contributed by atoms with E-state index >= 15 is 0 Å². The van der Waals surface area contributed by atoms with E-state index in [0.29, 0.717) is 0 Å². The van der Waals surface area contributed by atoms with Crippen molar-refractivity contribution in [1.82, 2.24) is 4.98 Å². The first-order valence-electron chi connectivity index (χ1n) is 3.41. The summed E-state index contributed by atoms with van der Waals surface area (Å²) < 4.78 is 24.6. The van der Waals surface area contributed by atoms with Gasteiger partial charge in [-0.15, -0.1) is 0 Å². The summed E-state index contributed by atoms with van der Waals surface area (Å²) in [6.07, 6.45) is -2.83. The number of carbonyl (C=O) groups is 1. The van der Waals surface area contributed by atoms with Gasteiger partial charge in [-0.3, -0.25) is 0 Å². The highest BCUT2D eigenvalue weighted by molar-refractivity contribution is 14.1. The van der Waals surface area contributed by atoms with Crippen LogP contribution in [0.4, 0.5) is 14.6 Å². The van der Waals surface area contributed by atoms with E-state index in [1.54, 1.807) is 22.6 Å². The van der Waals surface area contributed by atoms with Crippen LogP contribution in [0.1, 0.15) is 22.5 Å². The van der Waals surface area contributed by atoms with Crippen molar-refractivity contribution in [1.29, 1.82) is 0 Å². The smallest absolute Gasteiger partial charge is 0.336 e. The van der Waals surface area contributed by atoms with Crippen LogP contribution < -0.4 is 5.73 Å². The maximum absolute atomic E-state index is 12.2. The molecule has 1 aromatic heterocycles. The number of halogens is 3. The first-order chi connectivity index (χ1) is 6.43. The van der Waals surface area contributed by atoms with Gasteiger partial charge in [-0.1, -0.05) is 0 Å². The number of rotatable bonds is 2. The molecule has 4 nitrogen and oxygen atoms in total. The molecule has 0 bridgehead atoms. The van der Waals surface area contributed by atoms with Gasteiger partial charge in [0.25, 0.3) is 6.43 Å². The third-order valence-electron chi connectivity index (χ3n) is 1.46. The number of nitrogen functional groups attached to an aromatic ring is 1. The Bertz CT molecular complexity index is 384. The number of nitrogens with zero attached hydrogens (tertiary/aromatic N) is 1. The summed E-state index contributed by atoms with van der Waals surface area (Å²) in [6.45, 7) is 0. The highest BCUT2D eigenvalue weighted by Gasteiger charge is 2.18. The summed E-state index contributed by atoms with van der Waals surface area (Å²) in [5, 5.41) is 8.66. The fraction of sp³-hybridized carbons (Fsp3) is 0.143. The van der Waals surface area contributed by atoms with E-state index in [4.69, 9.17) is 10.8 Å². The van der Waals surface area contributed by atoms with Crippen LogP contribution in [-0.2, 0) is 0 Å². The monoisotopic (exact) mass is 314 g/mol. The largest absolute Gasteiger partial charge is 0.478 e. The van der Waals surface area contributed by atoms with Crippen LogP contribution in [0.3, 0.4) is 0 Å². The van der Waals surface area contributed by atoms with Crippen LogP contribution >= 0.6 is 22.6 Å². The van der Waals surface area contributed by atoms with Crippen molar-refractivity contribution < 1.29 is 18.7 Å². The molecule has 0 amide bonds. The standard InChI is InChI=1S/C7H5F2IN2O2/c8-5(9)3-1-2(7(13)14)4(10)6(11)12-3/h1,5H,(H2,11,12)(H,13,14). The Labute approximate surface area is 91.3 Å². The van der Waals surface area contributed by atoms with E-state index < -0.39 is 18.1 Å². The molecular weight excluding hydrogens is 309 g/mol. The van der Waals surface area contributed by atoms with Crippen LogP contribution in [-0.4, -0.2) is 16.1 Å². The fourth-order valence-corrected chi connectivity index (χ4v) is 1.34. The summed E-state index contributed by atoms with van der Waals surface area (Å²) in [5.41, 5.74) is 4.40. The third kappa shape index (κ3) is 2.08. The number of anilines is 1. The first kappa shape index (κ1) is 11.1. The van der Waals surface area contributed by atoms with Gasteiger partial charge < -0.3 is 10.8 Å². The van der Waals surface area contributed by atoms with Gasteiger partial charge in [0, 0.05) is 0 Å². The molecule has 0 atom stereocenters. The SMILES string of the molecule is Nc1nc(C(F)F)cc(C(=O)O)c1I. The second-order valence-electron chi connectivity index (χ2n) is 2.40. The minimum atomic E-state index is -2.83. The van der Waals surface area contributed by atoms with Crippen molar-refractivity contribution in [3.8, 4) is 0 Å². The van der Waals surface area contributed by atoms with Crippen molar-refractivity contribution in [2.45, 2.75) is 6.43 Å². The molecule has 14 heavy (non-hydrogen) atoms. The zero-order valence-corrected chi connectivity index (χ0v) is 8.83. The van der Waals surface area contributed by atoms with Gasteiger partial charge in [-0.2, -0.15) is 0 Å². The minimum absolute atomic E-state index is 0.166. The Hall–Kier alpha value is -0.990. The Morgan fingerprint density at radius 3 is 2.64 bits per heavy atom. The summed E-state index contributed by atoms with van der Waals surface area (Å²) >= 11 is 1.65. The van der Waals surface area contributed by atoms with E-state index in [1.807, 2.05) is 0 Å². The van der Waals surface area contributed by atoms with E-state index in [2.05, 4.69) is 4.98 Å². The lowest BCUT2D eigenvalue weighted by Gasteiger charge is -2.05. The number of aromatic carboxylic acids is 1. The van der Waals surface area contributed by atoms with Crippen molar-refractivity contribution >= 4 is 34.4 Å². The quantitative estimate of drug-likeness (QED) is 0.818. The van der Waals surface area contributed by atoms with Crippen LogP contribution in [0.15, 0.2) is 6.07 Å². The highest BCUT2D eigenvalue weighted by atomic mass is 127. The topological polar surface area (TPSA) is 76.2 Å². The zero-order valence-electron chi connectivity index (χ0n) is 6.67. The predicted molar refractivity (Wildman–Crippen MR) is 53.3 cm³/mol. The molecule has 0 aliphatic carbocycles. The number of hydrogen-bond donors (Lipinski definition) is 2. The number of aromatic nitrogens is 1. The maximum Gasteiger partial charge on any atom is 0.336 e. The molecule has 0 aliphatic heterocycles. The van der Waals surface area contributed by atoms with Crippen LogP contribution in [0, 0.1) is 3.57 Å². The van der Waals surface area contributed by atoms with Crippen molar-refractivity contribution in [2.24, 2.45) is 0 Å². The minimum Gasteiger partial charge on any atom is -0.478 e. The Balaban J connectivity index is 3.35. The Kier molecular flexibility index (Phi) is 3.19. The average Bonchev–Trinajstić information content (AvgIpc) is 2.08. The molecule has 76 valence electrons. The summed E-state index contributed by atoms with van der Waals surface area (Å²) in [5.74, 6) is -1.49. The van der Waals surface area contributed by atoms with Gasteiger partial charge >= 0.3 is 5.97 Å². The molecular formula is C7H5F2IN2O2. The molecule has 1 aromatic rings. The molecule has 0 radical (unpaired) electrons. The Morgan fingerprint density at radius 2 is 2.21 bits per heavy atom. The van der Waals surface area contributed by atoms with Gasteiger partial charge in [0.15, 0.2) is 0 Å². The molecule has 0 aromatic carbocycles. The summed E-state index contributed by atoms with van der Waals surface area (Å²) in [7, 11) is 0. The van der Waals surface area contributed by atoms with Crippen LogP contribution in [0.2, 0.25) is 0 Å². The second-order valence-corrected chi connectivity index (χ2v) is 3.48.